The van der Waals surface area contributed by atoms with Crippen molar-refractivity contribution < 1.29 is 14.3 Å². The van der Waals surface area contributed by atoms with Gasteiger partial charge in [0.05, 0.1) is 6.10 Å². The van der Waals surface area contributed by atoms with E-state index in [1.165, 1.54) is 0 Å². The van der Waals surface area contributed by atoms with Crippen LogP contribution in [-0.2, 0) is 14.3 Å². The molecule has 0 aliphatic carbocycles. The monoisotopic (exact) mass is 290 g/mol. The quantitative estimate of drug-likeness (QED) is 0.814. The molecule has 0 saturated carbocycles. The van der Waals surface area contributed by atoms with E-state index in [4.69, 9.17) is 4.74 Å². The van der Waals surface area contributed by atoms with Crippen molar-refractivity contribution in [2.75, 3.05) is 18.5 Å². The Hall–Kier alpha value is -1.88. The summed E-state index contributed by atoms with van der Waals surface area (Å²) in [6.45, 7) is 5.17. The van der Waals surface area contributed by atoms with Crippen molar-refractivity contribution in [2.45, 2.75) is 39.2 Å². The number of amides is 2. The summed E-state index contributed by atoms with van der Waals surface area (Å²) in [5.41, 5.74) is 2.88. The Morgan fingerprint density at radius 1 is 1.29 bits per heavy atom. The Kier molecular flexibility index (Phi) is 5.33. The first-order valence-corrected chi connectivity index (χ1v) is 7.30. The smallest absolute Gasteiger partial charge is 0.233 e. The van der Waals surface area contributed by atoms with E-state index in [0.29, 0.717) is 6.54 Å². The van der Waals surface area contributed by atoms with Gasteiger partial charge in [0.2, 0.25) is 11.8 Å². The van der Waals surface area contributed by atoms with Gasteiger partial charge in [-0.25, -0.2) is 0 Å². The molecule has 1 atom stereocenters. The maximum atomic E-state index is 11.9. The third-order valence-electron chi connectivity index (χ3n) is 3.75. The van der Waals surface area contributed by atoms with Crippen LogP contribution in [0.1, 0.15) is 30.4 Å². The van der Waals surface area contributed by atoms with E-state index in [0.717, 1.165) is 36.3 Å². The van der Waals surface area contributed by atoms with Crippen molar-refractivity contribution in [2.24, 2.45) is 0 Å². The van der Waals surface area contributed by atoms with Gasteiger partial charge in [0.15, 0.2) is 0 Å². The fraction of sp³-hybridized carbons (Fsp3) is 0.500. The van der Waals surface area contributed by atoms with Crippen molar-refractivity contribution in [3.63, 3.8) is 0 Å². The van der Waals surface area contributed by atoms with Gasteiger partial charge in [-0.15, -0.1) is 0 Å². The van der Waals surface area contributed by atoms with Gasteiger partial charge in [-0.1, -0.05) is 12.1 Å². The number of carbonyl (C=O) groups is 2. The van der Waals surface area contributed by atoms with E-state index in [2.05, 4.69) is 10.6 Å². The molecule has 2 N–H and O–H groups in total. The van der Waals surface area contributed by atoms with E-state index in [1.807, 2.05) is 32.0 Å². The summed E-state index contributed by atoms with van der Waals surface area (Å²) in [6.07, 6.45) is 1.93. The molecule has 2 rings (SSSR count). The van der Waals surface area contributed by atoms with Crippen LogP contribution in [0.2, 0.25) is 0 Å². The molecule has 1 unspecified atom stereocenters. The molecule has 5 heteroatoms. The zero-order valence-corrected chi connectivity index (χ0v) is 12.6. The van der Waals surface area contributed by atoms with Gasteiger partial charge < -0.3 is 15.4 Å². The Balaban J connectivity index is 1.78. The lowest BCUT2D eigenvalue weighted by Gasteiger charge is -2.12. The maximum absolute atomic E-state index is 11.9. The predicted molar refractivity (Wildman–Crippen MR) is 81.1 cm³/mol. The summed E-state index contributed by atoms with van der Waals surface area (Å²) >= 11 is 0. The number of ether oxygens (including phenoxy) is 1. The van der Waals surface area contributed by atoms with Crippen LogP contribution in [0.5, 0.6) is 0 Å². The third kappa shape index (κ3) is 4.56. The van der Waals surface area contributed by atoms with Crippen LogP contribution in [0, 0.1) is 13.8 Å². The van der Waals surface area contributed by atoms with E-state index in [9.17, 15) is 9.59 Å². The topological polar surface area (TPSA) is 67.4 Å². The summed E-state index contributed by atoms with van der Waals surface area (Å²) in [5, 5.41) is 5.52. The summed E-state index contributed by atoms with van der Waals surface area (Å²) in [7, 11) is 0. The van der Waals surface area contributed by atoms with Crippen LogP contribution in [0.3, 0.4) is 0 Å². The highest BCUT2D eigenvalue weighted by Gasteiger charge is 2.17. The van der Waals surface area contributed by atoms with Gasteiger partial charge in [0, 0.05) is 18.8 Å². The minimum Gasteiger partial charge on any atom is -0.376 e. The number of hydrogen-bond donors (Lipinski definition) is 2. The molecule has 0 spiro atoms. The van der Waals surface area contributed by atoms with E-state index in [-0.39, 0.29) is 24.3 Å². The molecule has 1 aliphatic heterocycles. The van der Waals surface area contributed by atoms with Crippen molar-refractivity contribution in [1.82, 2.24) is 5.32 Å². The average molecular weight is 290 g/mol. The van der Waals surface area contributed by atoms with Crippen molar-refractivity contribution >= 4 is 17.5 Å². The molecular formula is C16H22N2O3. The first-order chi connectivity index (χ1) is 10.1. The van der Waals surface area contributed by atoms with Crippen LogP contribution < -0.4 is 10.6 Å². The second-order valence-corrected chi connectivity index (χ2v) is 5.41. The van der Waals surface area contributed by atoms with Gasteiger partial charge in [-0.3, -0.25) is 9.59 Å². The number of aryl methyl sites for hydroxylation is 1. The molecule has 1 fully saturated rings. The molecule has 0 radical (unpaired) electrons. The lowest BCUT2D eigenvalue weighted by atomic mass is 10.1. The summed E-state index contributed by atoms with van der Waals surface area (Å²) in [4.78, 5) is 23.6. The largest absolute Gasteiger partial charge is 0.376 e. The zero-order chi connectivity index (χ0) is 15.2. The van der Waals surface area contributed by atoms with E-state index >= 15 is 0 Å². The Morgan fingerprint density at radius 2 is 2.10 bits per heavy atom. The molecule has 1 aromatic carbocycles. The number of rotatable bonds is 5. The molecule has 1 aromatic rings. The van der Waals surface area contributed by atoms with E-state index in [1.54, 1.807) is 0 Å². The lowest BCUT2D eigenvalue weighted by Crippen LogP contribution is -2.34. The number of nitrogens with one attached hydrogen (secondary N) is 2. The second kappa shape index (κ2) is 7.22. The van der Waals surface area contributed by atoms with Gasteiger partial charge >= 0.3 is 0 Å². The van der Waals surface area contributed by atoms with Crippen LogP contribution >= 0.6 is 0 Å². The summed E-state index contributed by atoms with van der Waals surface area (Å²) in [6, 6.07) is 5.71. The average Bonchev–Trinajstić information content (AvgIpc) is 2.95. The van der Waals surface area contributed by atoms with Crippen LogP contribution in [0.25, 0.3) is 0 Å². The minimum atomic E-state index is -0.298. The third-order valence-corrected chi connectivity index (χ3v) is 3.75. The minimum absolute atomic E-state index is 0.0935. The fourth-order valence-corrected chi connectivity index (χ4v) is 2.32. The molecule has 21 heavy (non-hydrogen) atoms. The lowest BCUT2D eigenvalue weighted by molar-refractivity contribution is -0.127. The second-order valence-electron chi connectivity index (χ2n) is 5.41. The molecule has 1 aliphatic rings. The van der Waals surface area contributed by atoms with E-state index < -0.39 is 0 Å². The molecule has 0 bridgehead atoms. The Labute approximate surface area is 125 Å². The van der Waals surface area contributed by atoms with Gasteiger partial charge in [0.25, 0.3) is 0 Å². The van der Waals surface area contributed by atoms with Crippen molar-refractivity contribution in [1.29, 1.82) is 0 Å². The van der Waals surface area contributed by atoms with Gasteiger partial charge in [-0.2, -0.15) is 0 Å². The fourth-order valence-electron chi connectivity index (χ4n) is 2.32. The SMILES string of the molecule is Cc1cccc(NC(=O)CC(=O)NCC2CCCO2)c1C. The van der Waals surface area contributed by atoms with Gasteiger partial charge in [-0.05, 0) is 43.9 Å². The predicted octanol–water partition coefficient (Wildman–Crippen LogP) is 1.93. The molecule has 1 saturated heterocycles. The highest BCUT2D eigenvalue weighted by atomic mass is 16.5. The Bertz CT molecular complexity index is 522. The van der Waals surface area contributed by atoms with Crippen LogP contribution in [-0.4, -0.2) is 31.1 Å². The highest BCUT2D eigenvalue weighted by molar-refractivity contribution is 6.03. The highest BCUT2D eigenvalue weighted by Crippen LogP contribution is 2.18. The molecule has 2 amide bonds. The van der Waals surface area contributed by atoms with Crippen LogP contribution in [0.4, 0.5) is 5.69 Å². The molecule has 114 valence electrons. The number of carbonyl (C=O) groups excluding carboxylic acids is 2. The summed E-state index contributed by atoms with van der Waals surface area (Å²) < 4.78 is 5.42. The Morgan fingerprint density at radius 3 is 2.81 bits per heavy atom. The van der Waals surface area contributed by atoms with Gasteiger partial charge in [0.1, 0.15) is 6.42 Å². The number of benzene rings is 1. The van der Waals surface area contributed by atoms with Crippen LogP contribution in [0.15, 0.2) is 18.2 Å². The van der Waals surface area contributed by atoms with Crippen molar-refractivity contribution in [3.05, 3.63) is 29.3 Å². The molecule has 1 heterocycles. The first-order valence-electron chi connectivity index (χ1n) is 7.30. The summed E-state index contributed by atoms with van der Waals surface area (Å²) in [5.74, 6) is -0.568. The maximum Gasteiger partial charge on any atom is 0.233 e. The number of anilines is 1. The molecule has 5 nitrogen and oxygen atoms in total. The standard InChI is InChI=1S/C16H22N2O3/c1-11-5-3-7-14(12(11)2)18-16(20)9-15(19)17-10-13-6-4-8-21-13/h3,5,7,13H,4,6,8-10H2,1-2H3,(H,17,19)(H,18,20). The molecule has 0 aromatic heterocycles. The zero-order valence-electron chi connectivity index (χ0n) is 12.6. The first kappa shape index (κ1) is 15.5. The van der Waals surface area contributed by atoms with Crippen molar-refractivity contribution in [3.8, 4) is 0 Å². The number of hydrogen-bond acceptors (Lipinski definition) is 3. The normalized spacial score (nSPS) is 17.5. The molecular weight excluding hydrogens is 268 g/mol.